The molecule has 1 amide bonds. The van der Waals surface area contributed by atoms with E-state index >= 15 is 0 Å². The lowest BCUT2D eigenvalue weighted by Crippen LogP contribution is -2.11. The Hall–Kier alpha value is -2.39. The highest BCUT2D eigenvalue weighted by molar-refractivity contribution is 6.34. The molecule has 2 aromatic carbocycles. The molecule has 4 heteroatoms. The third-order valence-corrected chi connectivity index (χ3v) is 4.00. The van der Waals surface area contributed by atoms with Crippen LogP contribution in [-0.2, 0) is 10.2 Å². The molecule has 2 aromatic rings. The van der Waals surface area contributed by atoms with Gasteiger partial charge < -0.3 is 5.32 Å². The van der Waals surface area contributed by atoms with Gasteiger partial charge in [-0.25, -0.2) is 0 Å². The fourth-order valence-corrected chi connectivity index (χ4v) is 2.46. The lowest BCUT2D eigenvalue weighted by atomic mass is 9.86. The van der Waals surface area contributed by atoms with Gasteiger partial charge in [-0.15, -0.1) is 0 Å². The topological polar surface area (TPSA) is 46.2 Å². The zero-order valence-electron chi connectivity index (χ0n) is 14.0. The smallest absolute Gasteiger partial charge is 0.247 e. The summed E-state index contributed by atoms with van der Waals surface area (Å²) in [5, 5.41) is 2.90. The van der Waals surface area contributed by atoms with Crippen LogP contribution in [0.4, 0.5) is 5.69 Å². The SMILES string of the molecule is C=CC(=O)Nc1ccc(C(=O)c2ccc(C(C)(C)C)cc2)cc1Cl. The number of carbonyl (C=O) groups excluding carboxylic acids is 2. The van der Waals surface area contributed by atoms with Gasteiger partial charge in [0.15, 0.2) is 5.78 Å². The molecule has 0 heterocycles. The maximum atomic E-state index is 12.6. The van der Waals surface area contributed by atoms with Crippen LogP contribution in [0, 0.1) is 0 Å². The van der Waals surface area contributed by atoms with Crippen molar-refractivity contribution in [2.75, 3.05) is 5.32 Å². The highest BCUT2D eigenvalue weighted by atomic mass is 35.5. The second kappa shape index (κ2) is 7.02. The van der Waals surface area contributed by atoms with Gasteiger partial charge in [0.2, 0.25) is 5.91 Å². The lowest BCUT2D eigenvalue weighted by molar-refractivity contribution is -0.111. The van der Waals surface area contributed by atoms with Gasteiger partial charge >= 0.3 is 0 Å². The second-order valence-electron chi connectivity index (χ2n) is 6.54. The second-order valence-corrected chi connectivity index (χ2v) is 6.95. The van der Waals surface area contributed by atoms with E-state index in [1.165, 1.54) is 5.56 Å². The van der Waals surface area contributed by atoms with E-state index in [2.05, 4.69) is 32.7 Å². The van der Waals surface area contributed by atoms with Crippen LogP contribution in [0.2, 0.25) is 5.02 Å². The third-order valence-electron chi connectivity index (χ3n) is 3.69. The predicted molar refractivity (Wildman–Crippen MR) is 98.9 cm³/mol. The van der Waals surface area contributed by atoms with E-state index < -0.39 is 0 Å². The summed E-state index contributed by atoms with van der Waals surface area (Å²) in [6.45, 7) is 9.76. The molecule has 0 aliphatic rings. The molecule has 1 N–H and O–H groups in total. The Morgan fingerprint density at radius 1 is 1.04 bits per heavy atom. The summed E-state index contributed by atoms with van der Waals surface area (Å²) in [7, 11) is 0. The van der Waals surface area contributed by atoms with Crippen molar-refractivity contribution in [1.82, 2.24) is 0 Å². The van der Waals surface area contributed by atoms with Gasteiger partial charge in [0, 0.05) is 11.1 Å². The van der Waals surface area contributed by atoms with Crippen molar-refractivity contribution in [3.63, 3.8) is 0 Å². The van der Waals surface area contributed by atoms with Crippen molar-refractivity contribution < 1.29 is 9.59 Å². The third kappa shape index (κ3) is 4.12. The molecule has 24 heavy (non-hydrogen) atoms. The normalized spacial score (nSPS) is 11.0. The molecule has 0 aliphatic carbocycles. The number of amides is 1. The highest BCUT2D eigenvalue weighted by Gasteiger charge is 2.16. The quantitative estimate of drug-likeness (QED) is 0.628. The van der Waals surface area contributed by atoms with Gasteiger partial charge in [-0.1, -0.05) is 63.2 Å². The molecule has 0 aromatic heterocycles. The summed E-state index contributed by atoms with van der Waals surface area (Å²) in [4.78, 5) is 23.9. The maximum absolute atomic E-state index is 12.6. The van der Waals surface area contributed by atoms with E-state index in [0.29, 0.717) is 21.8 Å². The summed E-state index contributed by atoms with van der Waals surface area (Å²) in [5.74, 6) is -0.465. The number of ketones is 1. The fourth-order valence-electron chi connectivity index (χ4n) is 2.23. The monoisotopic (exact) mass is 341 g/mol. The van der Waals surface area contributed by atoms with Crippen molar-refractivity contribution in [2.24, 2.45) is 0 Å². The van der Waals surface area contributed by atoms with Gasteiger partial charge in [-0.05, 0) is 35.3 Å². The van der Waals surface area contributed by atoms with Crippen LogP contribution in [0.3, 0.4) is 0 Å². The predicted octanol–water partition coefficient (Wildman–Crippen LogP) is 4.99. The molecule has 0 spiro atoms. The molecule has 0 aliphatic heterocycles. The average Bonchev–Trinajstić information content (AvgIpc) is 2.55. The molecule has 0 atom stereocenters. The summed E-state index contributed by atoms with van der Waals surface area (Å²) in [5.41, 5.74) is 2.72. The van der Waals surface area contributed by atoms with Crippen LogP contribution in [-0.4, -0.2) is 11.7 Å². The molecule has 0 fully saturated rings. The van der Waals surface area contributed by atoms with Gasteiger partial charge in [-0.3, -0.25) is 9.59 Å². The molecular weight excluding hydrogens is 322 g/mol. The Labute approximate surface area is 147 Å². The Balaban J connectivity index is 2.25. The number of hydrogen-bond acceptors (Lipinski definition) is 2. The van der Waals surface area contributed by atoms with Crippen molar-refractivity contribution in [3.05, 3.63) is 76.8 Å². The van der Waals surface area contributed by atoms with Crippen LogP contribution < -0.4 is 5.32 Å². The summed E-state index contributed by atoms with van der Waals surface area (Å²) in [6.07, 6.45) is 1.16. The van der Waals surface area contributed by atoms with Crippen molar-refractivity contribution in [2.45, 2.75) is 26.2 Å². The first-order valence-corrected chi connectivity index (χ1v) is 7.98. The number of hydrogen-bond donors (Lipinski definition) is 1. The van der Waals surface area contributed by atoms with Gasteiger partial charge in [0.25, 0.3) is 0 Å². The lowest BCUT2D eigenvalue weighted by Gasteiger charge is -2.19. The molecule has 0 radical (unpaired) electrons. The first-order chi connectivity index (χ1) is 11.2. The Morgan fingerprint density at radius 3 is 2.12 bits per heavy atom. The average molecular weight is 342 g/mol. The molecule has 2 rings (SSSR count). The first-order valence-electron chi connectivity index (χ1n) is 7.60. The Morgan fingerprint density at radius 2 is 1.62 bits per heavy atom. The minimum Gasteiger partial charge on any atom is -0.321 e. The molecule has 0 bridgehead atoms. The summed E-state index contributed by atoms with van der Waals surface area (Å²) < 4.78 is 0. The van der Waals surface area contributed by atoms with Crippen LogP contribution in [0.1, 0.15) is 42.3 Å². The molecule has 0 saturated carbocycles. The molecule has 0 saturated heterocycles. The Kier molecular flexibility index (Phi) is 5.25. The van der Waals surface area contributed by atoms with E-state index in [-0.39, 0.29) is 17.1 Å². The van der Waals surface area contributed by atoms with Gasteiger partial charge in [0.1, 0.15) is 0 Å². The summed E-state index contributed by atoms with van der Waals surface area (Å²) >= 11 is 6.15. The van der Waals surface area contributed by atoms with Crippen molar-refractivity contribution in [3.8, 4) is 0 Å². The van der Waals surface area contributed by atoms with Crippen LogP contribution in [0.15, 0.2) is 55.1 Å². The largest absolute Gasteiger partial charge is 0.321 e. The number of nitrogens with one attached hydrogen (secondary N) is 1. The minimum atomic E-state index is -0.353. The van der Waals surface area contributed by atoms with Crippen molar-refractivity contribution >= 4 is 29.0 Å². The molecular formula is C20H20ClNO2. The zero-order valence-corrected chi connectivity index (χ0v) is 14.8. The van der Waals surface area contributed by atoms with Gasteiger partial charge in [-0.2, -0.15) is 0 Å². The maximum Gasteiger partial charge on any atom is 0.247 e. The number of carbonyl (C=O) groups is 2. The van der Waals surface area contributed by atoms with Crippen LogP contribution in [0.25, 0.3) is 0 Å². The van der Waals surface area contributed by atoms with E-state index in [4.69, 9.17) is 11.6 Å². The van der Waals surface area contributed by atoms with E-state index in [9.17, 15) is 9.59 Å². The number of anilines is 1. The molecule has 124 valence electrons. The zero-order chi connectivity index (χ0) is 17.9. The highest BCUT2D eigenvalue weighted by Crippen LogP contribution is 2.26. The number of halogens is 1. The van der Waals surface area contributed by atoms with E-state index in [1.807, 2.05) is 24.3 Å². The standard InChI is InChI=1S/C20H20ClNO2/c1-5-18(23)22-17-11-8-14(12-16(17)21)19(24)13-6-9-15(10-7-13)20(2,3)4/h5-12H,1H2,2-4H3,(H,22,23). The summed E-state index contributed by atoms with van der Waals surface area (Å²) in [6, 6.07) is 12.4. The minimum absolute atomic E-state index is 0.0376. The van der Waals surface area contributed by atoms with Crippen molar-refractivity contribution in [1.29, 1.82) is 0 Å². The van der Waals surface area contributed by atoms with E-state index in [1.54, 1.807) is 18.2 Å². The van der Waals surface area contributed by atoms with Crippen LogP contribution >= 0.6 is 11.6 Å². The molecule has 0 unspecified atom stereocenters. The van der Waals surface area contributed by atoms with Crippen LogP contribution in [0.5, 0.6) is 0 Å². The van der Waals surface area contributed by atoms with E-state index in [0.717, 1.165) is 6.08 Å². The first kappa shape index (κ1) is 18.0. The Bertz CT molecular complexity index is 786. The number of benzene rings is 2. The number of rotatable bonds is 4. The van der Waals surface area contributed by atoms with Gasteiger partial charge in [0.05, 0.1) is 10.7 Å². The molecule has 3 nitrogen and oxygen atoms in total. The fraction of sp³-hybridized carbons (Fsp3) is 0.200.